The molecule has 1 unspecified atom stereocenters. The van der Waals surface area contributed by atoms with E-state index in [0.29, 0.717) is 12.0 Å². The average molecular weight is 279 g/mol. The van der Waals surface area contributed by atoms with Gasteiger partial charge >= 0.3 is 0 Å². The van der Waals surface area contributed by atoms with Crippen LogP contribution in [0.5, 0.6) is 0 Å². The summed E-state index contributed by atoms with van der Waals surface area (Å²) >= 11 is 0. The summed E-state index contributed by atoms with van der Waals surface area (Å²) in [7, 11) is 2.21. The van der Waals surface area contributed by atoms with Gasteiger partial charge in [-0.3, -0.25) is 10.00 Å². The fraction of sp³-hybridized carbons (Fsp3) is 0.800. The van der Waals surface area contributed by atoms with Gasteiger partial charge < -0.3 is 10.2 Å². The van der Waals surface area contributed by atoms with E-state index in [2.05, 4.69) is 53.1 Å². The Kier molecular flexibility index (Phi) is 5.57. The zero-order valence-corrected chi connectivity index (χ0v) is 13.3. The molecule has 0 radical (unpaired) electrons. The van der Waals surface area contributed by atoms with Crippen LogP contribution in [0.4, 0.5) is 0 Å². The highest BCUT2D eigenvalue weighted by Crippen LogP contribution is 2.13. The van der Waals surface area contributed by atoms with Crippen molar-refractivity contribution in [3.63, 3.8) is 0 Å². The Labute approximate surface area is 122 Å². The third kappa shape index (κ3) is 4.04. The number of aromatic amines is 1. The van der Waals surface area contributed by atoms with E-state index in [4.69, 9.17) is 0 Å². The normalized spacial score (nSPS) is 19.6. The minimum Gasteiger partial charge on any atom is -0.311 e. The van der Waals surface area contributed by atoms with Crippen molar-refractivity contribution in [3.05, 3.63) is 17.5 Å². The molecule has 20 heavy (non-hydrogen) atoms. The van der Waals surface area contributed by atoms with Crippen molar-refractivity contribution in [2.75, 3.05) is 39.8 Å². The van der Waals surface area contributed by atoms with Gasteiger partial charge in [-0.2, -0.15) is 5.10 Å². The number of hydrogen-bond acceptors (Lipinski definition) is 4. The summed E-state index contributed by atoms with van der Waals surface area (Å²) in [6, 6.07) is 0.621. The summed E-state index contributed by atoms with van der Waals surface area (Å²) in [5.74, 6) is 0.677. The number of aromatic nitrogens is 2. The fourth-order valence-electron chi connectivity index (χ4n) is 2.85. The van der Waals surface area contributed by atoms with Gasteiger partial charge in [0.05, 0.1) is 6.20 Å². The molecular weight excluding hydrogens is 250 g/mol. The van der Waals surface area contributed by atoms with Crippen molar-refractivity contribution in [3.8, 4) is 0 Å². The molecule has 1 aliphatic rings. The molecule has 0 aromatic carbocycles. The lowest BCUT2D eigenvalue weighted by Gasteiger charge is -2.40. The molecule has 0 amide bonds. The number of likely N-dealkylation sites (N-methyl/N-ethyl adjacent to an activating group) is 1. The van der Waals surface area contributed by atoms with Crippen molar-refractivity contribution in [1.29, 1.82) is 0 Å². The second-order valence-electron chi connectivity index (χ2n) is 6.30. The predicted octanol–water partition coefficient (Wildman–Crippen LogP) is 1.08. The average Bonchev–Trinajstić information content (AvgIpc) is 2.81. The SMILES string of the molecule is Cc1[nH]ncc1CNCC(C(C)C)N1CCN(C)CC1. The summed E-state index contributed by atoms with van der Waals surface area (Å²) in [6.45, 7) is 13.4. The van der Waals surface area contributed by atoms with Gasteiger partial charge in [-0.15, -0.1) is 0 Å². The van der Waals surface area contributed by atoms with Crippen LogP contribution >= 0.6 is 0 Å². The first-order valence-electron chi connectivity index (χ1n) is 7.70. The highest BCUT2D eigenvalue weighted by Gasteiger charge is 2.24. The predicted molar refractivity (Wildman–Crippen MR) is 82.7 cm³/mol. The standard InChI is InChI=1S/C15H29N5/c1-12(2)15(20-7-5-19(4)6-8-20)11-16-9-14-10-17-18-13(14)3/h10,12,15-16H,5-9,11H2,1-4H3,(H,17,18). The third-order valence-corrected chi connectivity index (χ3v) is 4.38. The number of nitrogens with zero attached hydrogens (tertiary/aromatic N) is 3. The second kappa shape index (κ2) is 7.20. The quantitative estimate of drug-likeness (QED) is 0.818. The Hall–Kier alpha value is -0.910. The van der Waals surface area contributed by atoms with Gasteiger partial charge in [0.25, 0.3) is 0 Å². The topological polar surface area (TPSA) is 47.2 Å². The van der Waals surface area contributed by atoms with Crippen molar-refractivity contribution < 1.29 is 0 Å². The van der Waals surface area contributed by atoms with E-state index in [-0.39, 0.29) is 0 Å². The lowest BCUT2D eigenvalue weighted by atomic mass is 10.0. The molecule has 0 spiro atoms. The highest BCUT2D eigenvalue weighted by atomic mass is 15.3. The maximum Gasteiger partial charge on any atom is 0.0535 e. The molecule has 5 nitrogen and oxygen atoms in total. The fourth-order valence-corrected chi connectivity index (χ4v) is 2.85. The molecule has 114 valence electrons. The Morgan fingerprint density at radius 1 is 1.30 bits per heavy atom. The summed E-state index contributed by atoms with van der Waals surface area (Å²) in [6.07, 6.45) is 1.92. The first-order valence-corrected chi connectivity index (χ1v) is 7.70. The van der Waals surface area contributed by atoms with Gasteiger partial charge in [0.2, 0.25) is 0 Å². The molecule has 1 saturated heterocycles. The maximum absolute atomic E-state index is 4.07. The Morgan fingerprint density at radius 2 is 2.00 bits per heavy atom. The summed E-state index contributed by atoms with van der Waals surface area (Å²) in [5.41, 5.74) is 2.43. The molecule has 1 aromatic heterocycles. The van der Waals surface area contributed by atoms with Crippen molar-refractivity contribution in [2.45, 2.75) is 33.4 Å². The summed E-state index contributed by atoms with van der Waals surface area (Å²) in [4.78, 5) is 5.05. The van der Waals surface area contributed by atoms with Crippen LogP contribution in [0.15, 0.2) is 6.20 Å². The zero-order chi connectivity index (χ0) is 14.5. The van der Waals surface area contributed by atoms with Gasteiger partial charge in [0.1, 0.15) is 0 Å². The molecule has 1 fully saturated rings. The number of piperazine rings is 1. The molecule has 1 aromatic rings. The summed E-state index contributed by atoms with van der Waals surface area (Å²) in [5, 5.41) is 10.7. The minimum absolute atomic E-state index is 0.621. The Bertz CT molecular complexity index is 393. The van der Waals surface area contributed by atoms with Gasteiger partial charge in [-0.25, -0.2) is 0 Å². The van der Waals surface area contributed by atoms with Gasteiger partial charge in [-0.1, -0.05) is 13.8 Å². The molecule has 2 rings (SSSR count). The van der Waals surface area contributed by atoms with Crippen LogP contribution in [0.2, 0.25) is 0 Å². The Morgan fingerprint density at radius 3 is 2.55 bits per heavy atom. The lowest BCUT2D eigenvalue weighted by molar-refractivity contribution is 0.0875. The largest absolute Gasteiger partial charge is 0.311 e. The van der Waals surface area contributed by atoms with E-state index in [1.54, 1.807) is 0 Å². The van der Waals surface area contributed by atoms with Crippen LogP contribution in [0, 0.1) is 12.8 Å². The minimum atomic E-state index is 0.621. The number of aryl methyl sites for hydroxylation is 1. The number of rotatable bonds is 6. The van der Waals surface area contributed by atoms with Crippen LogP contribution in [0.3, 0.4) is 0 Å². The summed E-state index contributed by atoms with van der Waals surface area (Å²) < 4.78 is 0. The third-order valence-electron chi connectivity index (χ3n) is 4.38. The van der Waals surface area contributed by atoms with Crippen LogP contribution in [0.1, 0.15) is 25.1 Å². The molecule has 1 aliphatic heterocycles. The van der Waals surface area contributed by atoms with E-state index >= 15 is 0 Å². The Balaban J connectivity index is 1.82. The van der Waals surface area contributed by atoms with E-state index in [0.717, 1.165) is 18.8 Å². The molecule has 0 saturated carbocycles. The van der Waals surface area contributed by atoms with Crippen molar-refractivity contribution >= 4 is 0 Å². The number of nitrogens with one attached hydrogen (secondary N) is 2. The first-order chi connectivity index (χ1) is 9.58. The lowest BCUT2D eigenvalue weighted by Crippen LogP contribution is -2.53. The smallest absolute Gasteiger partial charge is 0.0535 e. The molecule has 0 bridgehead atoms. The van der Waals surface area contributed by atoms with E-state index in [1.165, 1.54) is 31.7 Å². The maximum atomic E-state index is 4.07. The van der Waals surface area contributed by atoms with Gasteiger partial charge in [-0.05, 0) is 19.9 Å². The monoisotopic (exact) mass is 279 g/mol. The van der Waals surface area contributed by atoms with Crippen LogP contribution in [0.25, 0.3) is 0 Å². The molecule has 0 aliphatic carbocycles. The van der Waals surface area contributed by atoms with Crippen LogP contribution < -0.4 is 5.32 Å². The first kappa shape index (κ1) is 15.5. The van der Waals surface area contributed by atoms with E-state index < -0.39 is 0 Å². The zero-order valence-electron chi connectivity index (χ0n) is 13.3. The molecule has 5 heteroatoms. The molecule has 2 N–H and O–H groups in total. The second-order valence-corrected chi connectivity index (χ2v) is 6.30. The molecular formula is C15H29N5. The van der Waals surface area contributed by atoms with Gasteiger partial charge in [0.15, 0.2) is 0 Å². The number of H-pyrrole nitrogens is 1. The van der Waals surface area contributed by atoms with Crippen LogP contribution in [-0.2, 0) is 6.54 Å². The van der Waals surface area contributed by atoms with Crippen molar-refractivity contribution in [2.24, 2.45) is 5.92 Å². The van der Waals surface area contributed by atoms with E-state index in [1.807, 2.05) is 6.20 Å². The van der Waals surface area contributed by atoms with E-state index in [9.17, 15) is 0 Å². The van der Waals surface area contributed by atoms with Gasteiger partial charge in [0, 0.05) is 56.6 Å². The van der Waals surface area contributed by atoms with Crippen LogP contribution in [-0.4, -0.2) is 65.8 Å². The number of hydrogen-bond donors (Lipinski definition) is 2. The van der Waals surface area contributed by atoms with Crippen molar-refractivity contribution in [1.82, 2.24) is 25.3 Å². The molecule has 2 heterocycles. The highest BCUT2D eigenvalue weighted by molar-refractivity contribution is 5.13. The molecule has 1 atom stereocenters.